The van der Waals surface area contributed by atoms with E-state index in [0.717, 1.165) is 5.56 Å². The molecule has 1 unspecified atom stereocenters. The van der Waals surface area contributed by atoms with E-state index in [4.69, 9.17) is 9.47 Å². The minimum atomic E-state index is -0.866. The molecule has 2 aliphatic rings. The highest BCUT2D eigenvalue weighted by molar-refractivity contribution is 6.02. The predicted octanol–water partition coefficient (Wildman–Crippen LogP) is 1.96. The molecule has 1 spiro atoms. The molecular weight excluding hydrogens is 232 g/mol. The van der Waals surface area contributed by atoms with Gasteiger partial charge in [-0.15, -0.1) is 0 Å². The smallest absolute Gasteiger partial charge is 0.325 e. The van der Waals surface area contributed by atoms with Crippen molar-refractivity contribution in [3.63, 3.8) is 0 Å². The second kappa shape index (κ2) is 3.34. The Labute approximate surface area is 105 Å². The third-order valence-corrected chi connectivity index (χ3v) is 3.56. The summed E-state index contributed by atoms with van der Waals surface area (Å²) in [5.41, 5.74) is -0.590. The molecule has 18 heavy (non-hydrogen) atoms. The minimum Gasteiger partial charge on any atom is -0.487 e. The number of benzene rings is 1. The summed E-state index contributed by atoms with van der Waals surface area (Å²) in [7, 11) is 0. The topological polar surface area (TPSA) is 52.6 Å². The van der Waals surface area contributed by atoms with E-state index in [1.807, 2.05) is 38.1 Å². The molecule has 2 aliphatic heterocycles. The molecular formula is C14H14O4. The molecule has 1 saturated heterocycles. The number of esters is 2. The monoisotopic (exact) mass is 246 g/mol. The van der Waals surface area contributed by atoms with Gasteiger partial charge in [0.05, 0.1) is 6.42 Å². The first kappa shape index (κ1) is 11.3. The van der Waals surface area contributed by atoms with Gasteiger partial charge in [0.15, 0.2) is 0 Å². The molecule has 0 saturated carbocycles. The molecule has 0 bridgehead atoms. The maximum atomic E-state index is 12.1. The first-order valence-corrected chi connectivity index (χ1v) is 5.97. The molecule has 4 nitrogen and oxygen atoms in total. The van der Waals surface area contributed by atoms with Crippen molar-refractivity contribution in [1.29, 1.82) is 0 Å². The van der Waals surface area contributed by atoms with Crippen LogP contribution in [0.25, 0.3) is 0 Å². The molecule has 0 radical (unpaired) electrons. The van der Waals surface area contributed by atoms with Crippen LogP contribution in [0.15, 0.2) is 24.3 Å². The van der Waals surface area contributed by atoms with Gasteiger partial charge in [0.1, 0.15) is 16.8 Å². The Kier molecular flexibility index (Phi) is 2.09. The minimum absolute atomic E-state index is 0.107. The molecule has 1 aromatic carbocycles. The maximum Gasteiger partial charge on any atom is 0.325 e. The molecule has 0 N–H and O–H groups in total. The van der Waals surface area contributed by atoms with Crippen LogP contribution in [0.1, 0.15) is 32.3 Å². The molecule has 0 amide bonds. The van der Waals surface area contributed by atoms with Gasteiger partial charge in [-0.1, -0.05) is 18.2 Å². The third-order valence-electron chi connectivity index (χ3n) is 3.56. The first-order valence-electron chi connectivity index (χ1n) is 5.97. The van der Waals surface area contributed by atoms with Gasteiger partial charge in [-0.2, -0.15) is 0 Å². The van der Waals surface area contributed by atoms with Crippen LogP contribution in [0, 0.1) is 0 Å². The fraction of sp³-hybridized carbons (Fsp3) is 0.429. The van der Waals surface area contributed by atoms with Crippen LogP contribution >= 0.6 is 0 Å². The summed E-state index contributed by atoms with van der Waals surface area (Å²) in [4.78, 5) is 23.6. The quantitative estimate of drug-likeness (QED) is 0.518. The number of carbonyl (C=O) groups excluding carboxylic acids is 2. The zero-order chi connectivity index (χ0) is 13.0. The number of hydrogen-bond acceptors (Lipinski definition) is 4. The summed E-state index contributed by atoms with van der Waals surface area (Å²) < 4.78 is 10.6. The van der Waals surface area contributed by atoms with Crippen LogP contribution in [0.4, 0.5) is 0 Å². The highest BCUT2D eigenvalue weighted by atomic mass is 16.6. The van der Waals surface area contributed by atoms with Crippen molar-refractivity contribution in [2.24, 2.45) is 0 Å². The van der Waals surface area contributed by atoms with E-state index in [0.29, 0.717) is 12.2 Å². The number of ether oxygens (including phenoxy) is 2. The van der Waals surface area contributed by atoms with Crippen molar-refractivity contribution < 1.29 is 19.1 Å². The van der Waals surface area contributed by atoms with Crippen LogP contribution in [-0.2, 0) is 19.7 Å². The van der Waals surface area contributed by atoms with Crippen molar-refractivity contribution in [2.75, 3.05) is 0 Å². The second-order valence-corrected chi connectivity index (χ2v) is 5.56. The van der Waals surface area contributed by atoms with E-state index in [1.165, 1.54) is 0 Å². The third kappa shape index (κ3) is 1.45. The molecule has 3 rings (SSSR count). The highest BCUT2D eigenvalue weighted by Crippen LogP contribution is 2.49. The molecule has 1 aromatic rings. The lowest BCUT2D eigenvalue weighted by Gasteiger charge is -2.41. The highest BCUT2D eigenvalue weighted by Gasteiger charge is 2.57. The Balaban J connectivity index is 2.21. The average molecular weight is 246 g/mol. The van der Waals surface area contributed by atoms with Crippen LogP contribution in [0.2, 0.25) is 0 Å². The van der Waals surface area contributed by atoms with Gasteiger partial charge in [-0.05, 0) is 19.9 Å². The molecule has 0 aromatic heterocycles. The number of fused-ring (bicyclic) bond motifs is 2. The van der Waals surface area contributed by atoms with Crippen molar-refractivity contribution in [3.8, 4) is 5.75 Å². The Morgan fingerprint density at radius 3 is 2.56 bits per heavy atom. The molecule has 94 valence electrons. The van der Waals surface area contributed by atoms with Crippen molar-refractivity contribution in [1.82, 2.24) is 0 Å². The summed E-state index contributed by atoms with van der Waals surface area (Å²) in [6.07, 6.45) is 0.567. The summed E-state index contributed by atoms with van der Waals surface area (Å²) in [5.74, 6) is -0.232. The Morgan fingerprint density at radius 2 is 1.89 bits per heavy atom. The van der Waals surface area contributed by atoms with Gasteiger partial charge in [0, 0.05) is 12.0 Å². The molecule has 2 heterocycles. The number of para-hydroxylation sites is 1. The second-order valence-electron chi connectivity index (χ2n) is 5.56. The maximum absolute atomic E-state index is 12.1. The van der Waals surface area contributed by atoms with Crippen LogP contribution in [0.5, 0.6) is 5.75 Å². The Bertz CT molecular complexity index is 546. The number of cyclic esters (lactones) is 2. The van der Waals surface area contributed by atoms with Gasteiger partial charge in [0.2, 0.25) is 0 Å². The van der Waals surface area contributed by atoms with Crippen molar-refractivity contribution >= 4 is 11.9 Å². The van der Waals surface area contributed by atoms with Gasteiger partial charge >= 0.3 is 11.9 Å². The zero-order valence-corrected chi connectivity index (χ0v) is 10.4. The normalized spacial score (nSPS) is 28.8. The van der Waals surface area contributed by atoms with E-state index >= 15 is 0 Å². The number of carbonyl (C=O) groups is 2. The largest absolute Gasteiger partial charge is 0.487 e. The van der Waals surface area contributed by atoms with Crippen molar-refractivity contribution in [2.45, 2.75) is 37.7 Å². The molecule has 4 heteroatoms. The van der Waals surface area contributed by atoms with Gasteiger partial charge in [-0.25, -0.2) is 0 Å². The van der Waals surface area contributed by atoms with Crippen molar-refractivity contribution in [3.05, 3.63) is 29.8 Å². The van der Waals surface area contributed by atoms with Gasteiger partial charge in [-0.3, -0.25) is 9.59 Å². The van der Waals surface area contributed by atoms with E-state index in [-0.39, 0.29) is 6.42 Å². The number of rotatable bonds is 0. The fourth-order valence-corrected chi connectivity index (χ4v) is 3.00. The van der Waals surface area contributed by atoms with Crippen LogP contribution in [0.3, 0.4) is 0 Å². The summed E-state index contributed by atoms with van der Waals surface area (Å²) in [6, 6.07) is 7.37. The van der Waals surface area contributed by atoms with E-state index in [1.54, 1.807) is 0 Å². The standard InChI is InChI=1S/C14H14O4/c1-13(2)8-14(7-11(15)17-12(14)16)9-5-3-4-6-10(9)18-13/h3-6H,7-8H2,1-2H3. The van der Waals surface area contributed by atoms with Gasteiger partial charge in [0.25, 0.3) is 0 Å². The van der Waals surface area contributed by atoms with Gasteiger partial charge < -0.3 is 9.47 Å². The summed E-state index contributed by atoms with van der Waals surface area (Å²) in [5, 5.41) is 0. The lowest BCUT2D eigenvalue weighted by molar-refractivity contribution is -0.154. The van der Waals surface area contributed by atoms with E-state index < -0.39 is 23.0 Å². The van der Waals surface area contributed by atoms with E-state index in [9.17, 15) is 9.59 Å². The predicted molar refractivity (Wildman–Crippen MR) is 63.2 cm³/mol. The first-order chi connectivity index (χ1) is 8.43. The fourth-order valence-electron chi connectivity index (χ4n) is 3.00. The van der Waals surface area contributed by atoms with E-state index in [2.05, 4.69) is 0 Å². The Morgan fingerprint density at radius 1 is 1.17 bits per heavy atom. The number of hydrogen-bond donors (Lipinski definition) is 0. The Hall–Kier alpha value is -1.84. The molecule has 1 fully saturated rings. The average Bonchev–Trinajstić information content (AvgIpc) is 2.52. The molecule has 1 atom stereocenters. The lowest BCUT2D eigenvalue weighted by Crippen LogP contribution is -2.46. The summed E-state index contributed by atoms with van der Waals surface area (Å²) in [6.45, 7) is 3.83. The van der Waals surface area contributed by atoms with Crippen LogP contribution < -0.4 is 4.74 Å². The van der Waals surface area contributed by atoms with Crippen LogP contribution in [-0.4, -0.2) is 17.5 Å². The lowest BCUT2D eigenvalue weighted by atomic mass is 9.70. The summed E-state index contributed by atoms with van der Waals surface area (Å²) >= 11 is 0. The molecule has 0 aliphatic carbocycles. The SMILES string of the molecule is CC1(C)CC2(CC(=O)OC2=O)c2ccccc2O1. The zero-order valence-electron chi connectivity index (χ0n) is 10.4.